The van der Waals surface area contributed by atoms with Gasteiger partial charge in [-0.3, -0.25) is 4.79 Å². The summed E-state index contributed by atoms with van der Waals surface area (Å²) in [7, 11) is -3.86. The monoisotopic (exact) mass is 452 g/mol. The fourth-order valence-corrected chi connectivity index (χ4v) is 4.89. The lowest BCUT2D eigenvalue weighted by molar-refractivity contribution is -0.119. The average Bonchev–Trinajstić information content (AvgIpc) is 2.70. The third kappa shape index (κ3) is 5.38. The van der Waals surface area contributed by atoms with Crippen LogP contribution in [0.3, 0.4) is 0 Å². The number of para-hydroxylation sites is 1. The van der Waals surface area contributed by atoms with Gasteiger partial charge in [0.15, 0.2) is 6.61 Å². The van der Waals surface area contributed by atoms with Gasteiger partial charge in [0, 0.05) is 18.8 Å². The summed E-state index contributed by atoms with van der Waals surface area (Å²) in [6, 6.07) is 9.45. The van der Waals surface area contributed by atoms with E-state index in [1.807, 2.05) is 32.0 Å². The Hall–Kier alpha value is -2.42. The van der Waals surface area contributed by atoms with E-state index in [-0.39, 0.29) is 28.6 Å². The van der Waals surface area contributed by atoms with Crippen LogP contribution in [0.4, 0.5) is 5.69 Å². The first-order valence-electron chi connectivity index (χ1n) is 9.44. The lowest BCUT2D eigenvalue weighted by Gasteiger charge is -2.19. The first kappa shape index (κ1) is 23.9. The van der Waals surface area contributed by atoms with Crippen molar-refractivity contribution in [3.63, 3.8) is 0 Å². The first-order chi connectivity index (χ1) is 14.1. The Morgan fingerprint density at radius 2 is 1.67 bits per heavy atom. The molecule has 0 bridgehead atoms. The molecule has 0 unspecified atom stereocenters. The molecule has 0 aliphatic heterocycles. The van der Waals surface area contributed by atoms with Crippen LogP contribution in [-0.2, 0) is 19.6 Å². The predicted molar refractivity (Wildman–Crippen MR) is 116 cm³/mol. The summed E-state index contributed by atoms with van der Waals surface area (Å²) in [5.41, 5.74) is 2.43. The summed E-state index contributed by atoms with van der Waals surface area (Å²) in [5.74, 6) is -1.31. The zero-order valence-electron chi connectivity index (χ0n) is 17.4. The van der Waals surface area contributed by atoms with E-state index in [1.54, 1.807) is 13.8 Å². The van der Waals surface area contributed by atoms with Crippen LogP contribution < -0.4 is 5.32 Å². The highest BCUT2D eigenvalue weighted by atomic mass is 35.5. The number of nitrogens with one attached hydrogen (secondary N) is 1. The predicted octanol–water partition coefficient (Wildman–Crippen LogP) is 3.78. The van der Waals surface area contributed by atoms with Crippen LogP contribution in [-0.4, -0.2) is 44.3 Å². The van der Waals surface area contributed by atoms with Crippen LogP contribution >= 0.6 is 11.6 Å². The standard InChI is InChI=1S/C21H25ClN2O5S/c1-5-24(6-2)30(27,28)18-12-16(10-11-17(18)22)21(26)29-13-19(25)23-20-14(3)8-7-9-15(20)4/h7-12H,5-6,13H2,1-4H3,(H,23,25). The molecule has 1 N–H and O–H groups in total. The van der Waals surface area contributed by atoms with E-state index in [9.17, 15) is 18.0 Å². The highest BCUT2D eigenvalue weighted by Gasteiger charge is 2.26. The van der Waals surface area contributed by atoms with E-state index in [0.29, 0.717) is 5.69 Å². The molecular formula is C21H25ClN2O5S. The van der Waals surface area contributed by atoms with Crippen LogP contribution in [0.2, 0.25) is 5.02 Å². The lowest BCUT2D eigenvalue weighted by atomic mass is 10.1. The molecule has 2 aromatic rings. The number of hydrogen-bond acceptors (Lipinski definition) is 5. The Morgan fingerprint density at radius 1 is 1.07 bits per heavy atom. The molecule has 0 aromatic heterocycles. The molecule has 162 valence electrons. The Kier molecular flexibility index (Phi) is 8.00. The van der Waals surface area contributed by atoms with E-state index in [2.05, 4.69) is 5.32 Å². The Morgan fingerprint density at radius 3 is 2.23 bits per heavy atom. The van der Waals surface area contributed by atoms with Gasteiger partial charge in [-0.05, 0) is 43.2 Å². The second kappa shape index (κ2) is 10.1. The summed E-state index contributed by atoms with van der Waals surface area (Å²) >= 11 is 6.07. The number of ether oxygens (including phenoxy) is 1. The van der Waals surface area contributed by atoms with E-state index >= 15 is 0 Å². The highest BCUT2D eigenvalue weighted by molar-refractivity contribution is 7.89. The molecule has 7 nitrogen and oxygen atoms in total. The summed E-state index contributed by atoms with van der Waals surface area (Å²) in [5, 5.41) is 2.73. The van der Waals surface area contributed by atoms with Gasteiger partial charge in [0.1, 0.15) is 4.90 Å². The summed E-state index contributed by atoms with van der Waals surface area (Å²) < 4.78 is 31.8. The molecule has 0 aliphatic rings. The van der Waals surface area contributed by atoms with Gasteiger partial charge in [0.05, 0.1) is 10.6 Å². The quantitative estimate of drug-likeness (QED) is 0.615. The van der Waals surface area contributed by atoms with Gasteiger partial charge in [0.2, 0.25) is 10.0 Å². The second-order valence-electron chi connectivity index (χ2n) is 6.63. The molecular weight excluding hydrogens is 428 g/mol. The molecule has 0 heterocycles. The van der Waals surface area contributed by atoms with Crippen molar-refractivity contribution in [2.75, 3.05) is 25.0 Å². The number of carbonyl (C=O) groups excluding carboxylic acids is 2. The SMILES string of the molecule is CCN(CC)S(=O)(=O)c1cc(C(=O)OCC(=O)Nc2c(C)cccc2C)ccc1Cl. The number of anilines is 1. The Bertz CT molecular complexity index is 1030. The van der Waals surface area contributed by atoms with E-state index < -0.39 is 28.5 Å². The number of rotatable bonds is 8. The van der Waals surface area contributed by atoms with E-state index in [1.165, 1.54) is 22.5 Å². The van der Waals surface area contributed by atoms with Crippen LogP contribution in [0, 0.1) is 13.8 Å². The van der Waals surface area contributed by atoms with Gasteiger partial charge in [-0.15, -0.1) is 0 Å². The highest BCUT2D eigenvalue weighted by Crippen LogP contribution is 2.26. The van der Waals surface area contributed by atoms with Crippen molar-refractivity contribution in [2.45, 2.75) is 32.6 Å². The van der Waals surface area contributed by atoms with Crippen molar-refractivity contribution in [3.8, 4) is 0 Å². The van der Waals surface area contributed by atoms with Gasteiger partial charge >= 0.3 is 5.97 Å². The number of amides is 1. The van der Waals surface area contributed by atoms with Gasteiger partial charge in [-0.25, -0.2) is 13.2 Å². The maximum Gasteiger partial charge on any atom is 0.338 e. The molecule has 0 atom stereocenters. The molecule has 0 fully saturated rings. The minimum atomic E-state index is -3.86. The second-order valence-corrected chi connectivity index (χ2v) is 8.94. The molecule has 0 spiro atoms. The van der Waals surface area contributed by atoms with Crippen molar-refractivity contribution < 1.29 is 22.7 Å². The molecule has 0 saturated heterocycles. The van der Waals surface area contributed by atoms with Crippen molar-refractivity contribution in [2.24, 2.45) is 0 Å². The molecule has 2 rings (SSSR count). The lowest BCUT2D eigenvalue weighted by Crippen LogP contribution is -2.31. The summed E-state index contributed by atoms with van der Waals surface area (Å²) in [4.78, 5) is 24.4. The van der Waals surface area contributed by atoms with Crippen LogP contribution in [0.25, 0.3) is 0 Å². The Balaban J connectivity index is 2.13. The number of esters is 1. The molecule has 9 heteroatoms. The van der Waals surface area contributed by atoms with Gasteiger partial charge < -0.3 is 10.1 Å². The van der Waals surface area contributed by atoms with Crippen molar-refractivity contribution >= 4 is 39.2 Å². The van der Waals surface area contributed by atoms with Crippen LogP contribution in [0.15, 0.2) is 41.3 Å². The number of nitrogens with zero attached hydrogens (tertiary/aromatic N) is 1. The smallest absolute Gasteiger partial charge is 0.338 e. The fraction of sp³-hybridized carbons (Fsp3) is 0.333. The largest absolute Gasteiger partial charge is 0.452 e. The molecule has 1 amide bonds. The topological polar surface area (TPSA) is 92.8 Å². The normalized spacial score (nSPS) is 11.4. The molecule has 2 aromatic carbocycles. The molecule has 0 aliphatic carbocycles. The van der Waals surface area contributed by atoms with Crippen molar-refractivity contribution in [1.82, 2.24) is 4.31 Å². The minimum Gasteiger partial charge on any atom is -0.452 e. The number of aryl methyl sites for hydroxylation is 2. The summed E-state index contributed by atoms with van der Waals surface area (Å²) in [6.07, 6.45) is 0. The maximum atomic E-state index is 12.7. The van der Waals surface area contributed by atoms with E-state index in [0.717, 1.165) is 11.1 Å². The summed E-state index contributed by atoms with van der Waals surface area (Å²) in [6.45, 7) is 7.17. The first-order valence-corrected chi connectivity index (χ1v) is 11.3. The van der Waals surface area contributed by atoms with E-state index in [4.69, 9.17) is 16.3 Å². The molecule has 30 heavy (non-hydrogen) atoms. The number of sulfonamides is 1. The average molecular weight is 453 g/mol. The third-order valence-corrected chi connectivity index (χ3v) is 7.10. The molecule has 0 radical (unpaired) electrons. The zero-order chi connectivity index (χ0) is 22.5. The number of carbonyl (C=O) groups is 2. The van der Waals surface area contributed by atoms with Crippen molar-refractivity contribution in [1.29, 1.82) is 0 Å². The zero-order valence-corrected chi connectivity index (χ0v) is 18.9. The van der Waals surface area contributed by atoms with Gasteiger partial charge in [-0.2, -0.15) is 4.31 Å². The number of benzene rings is 2. The number of halogens is 1. The van der Waals surface area contributed by atoms with Crippen LogP contribution in [0.1, 0.15) is 35.3 Å². The molecule has 0 saturated carbocycles. The van der Waals surface area contributed by atoms with Crippen molar-refractivity contribution in [3.05, 3.63) is 58.1 Å². The van der Waals surface area contributed by atoms with Gasteiger partial charge in [-0.1, -0.05) is 43.6 Å². The van der Waals surface area contributed by atoms with Gasteiger partial charge in [0.25, 0.3) is 5.91 Å². The maximum absolute atomic E-state index is 12.7. The third-order valence-electron chi connectivity index (χ3n) is 4.57. The minimum absolute atomic E-state index is 0.00576. The van der Waals surface area contributed by atoms with Crippen LogP contribution in [0.5, 0.6) is 0 Å². The fourth-order valence-electron chi connectivity index (χ4n) is 2.93. The Labute approximate surface area is 182 Å². The number of hydrogen-bond donors (Lipinski definition) is 1.